The lowest BCUT2D eigenvalue weighted by atomic mass is 10.0. The Balaban J connectivity index is 1.64. The predicted molar refractivity (Wildman–Crippen MR) is 113 cm³/mol. The normalized spacial score (nSPS) is 22.4. The van der Waals surface area contributed by atoms with Gasteiger partial charge in [-0.25, -0.2) is 13.4 Å². The van der Waals surface area contributed by atoms with Crippen LogP contribution in [-0.4, -0.2) is 49.7 Å². The number of alkyl halides is 5. The molecular formula is C21H19F5N2O4S2. The van der Waals surface area contributed by atoms with E-state index in [4.69, 9.17) is 4.74 Å². The van der Waals surface area contributed by atoms with Gasteiger partial charge in [-0.05, 0) is 30.5 Å². The van der Waals surface area contributed by atoms with Crippen molar-refractivity contribution in [2.45, 2.75) is 35.8 Å². The van der Waals surface area contributed by atoms with E-state index < -0.39 is 44.8 Å². The Morgan fingerprint density at radius 2 is 1.97 bits per heavy atom. The molecule has 1 aromatic heterocycles. The third-order valence-corrected chi connectivity index (χ3v) is 8.11. The van der Waals surface area contributed by atoms with E-state index in [1.807, 2.05) is 0 Å². The molecule has 1 saturated carbocycles. The van der Waals surface area contributed by atoms with Crippen molar-refractivity contribution in [3.05, 3.63) is 52.2 Å². The number of thiazole rings is 1. The number of aromatic nitrogens is 1. The second-order valence-electron chi connectivity index (χ2n) is 8.62. The summed E-state index contributed by atoms with van der Waals surface area (Å²) in [5.74, 6) is -5.94. The number of sulfone groups is 1. The number of ether oxygens (including phenoxy) is 1. The molecule has 1 amide bonds. The summed E-state index contributed by atoms with van der Waals surface area (Å²) in [5.41, 5.74) is -0.536. The van der Waals surface area contributed by atoms with Crippen molar-refractivity contribution in [1.29, 1.82) is 0 Å². The Morgan fingerprint density at radius 1 is 1.29 bits per heavy atom. The Morgan fingerprint density at radius 3 is 2.53 bits per heavy atom. The van der Waals surface area contributed by atoms with Crippen LogP contribution in [0.1, 0.15) is 34.4 Å². The maximum Gasteiger partial charge on any atom is 0.448 e. The molecule has 1 aromatic carbocycles. The van der Waals surface area contributed by atoms with E-state index in [1.54, 1.807) is 0 Å². The molecule has 2 fully saturated rings. The third-order valence-electron chi connectivity index (χ3n) is 5.98. The first-order chi connectivity index (χ1) is 15.5. The van der Waals surface area contributed by atoms with Crippen LogP contribution in [0.3, 0.4) is 0 Å². The molecule has 2 heterocycles. The zero-order valence-corrected chi connectivity index (χ0v) is 19.6. The molecule has 1 aliphatic heterocycles. The monoisotopic (exact) mass is 522 g/mol. The summed E-state index contributed by atoms with van der Waals surface area (Å²) < 4.78 is 94.8. The average Bonchev–Trinajstić information content (AvgIpc) is 3.07. The molecular weight excluding hydrogens is 503 g/mol. The SMILES string of the molecule is C=C(Oc1ccc(S(C)(=O)=O)cc1C(=O)N1CC2CC2(c2csc(C(C)(F)F)n2)C1)C(F)(F)F. The summed E-state index contributed by atoms with van der Waals surface area (Å²) in [6.45, 7) is 3.89. The van der Waals surface area contributed by atoms with Gasteiger partial charge >= 0.3 is 6.18 Å². The van der Waals surface area contributed by atoms with Crippen molar-refractivity contribution in [2.24, 2.45) is 5.92 Å². The fraction of sp³-hybridized carbons (Fsp3) is 0.429. The molecule has 0 N–H and O–H groups in total. The largest absolute Gasteiger partial charge is 0.452 e. The van der Waals surface area contributed by atoms with Gasteiger partial charge in [-0.15, -0.1) is 11.3 Å². The van der Waals surface area contributed by atoms with Crippen LogP contribution in [-0.2, 0) is 21.2 Å². The topological polar surface area (TPSA) is 76.6 Å². The van der Waals surface area contributed by atoms with Gasteiger partial charge in [0.25, 0.3) is 11.8 Å². The Kier molecular flexibility index (Phi) is 5.59. The number of allylic oxidation sites excluding steroid dienone is 1. The van der Waals surface area contributed by atoms with Gasteiger partial charge in [-0.3, -0.25) is 4.79 Å². The van der Waals surface area contributed by atoms with Crippen LogP contribution in [0.25, 0.3) is 0 Å². The highest BCUT2D eigenvalue weighted by Gasteiger charge is 2.63. The molecule has 2 aromatic rings. The average molecular weight is 523 g/mol. The highest BCUT2D eigenvalue weighted by Crippen LogP contribution is 2.59. The minimum Gasteiger partial charge on any atom is -0.452 e. The predicted octanol–water partition coefficient (Wildman–Crippen LogP) is 4.53. The van der Waals surface area contributed by atoms with Gasteiger partial charge in [0.05, 0.1) is 16.2 Å². The van der Waals surface area contributed by atoms with Crippen molar-refractivity contribution >= 4 is 27.1 Å². The van der Waals surface area contributed by atoms with Crippen molar-refractivity contribution in [1.82, 2.24) is 9.88 Å². The van der Waals surface area contributed by atoms with Crippen LogP contribution in [0.5, 0.6) is 5.75 Å². The molecule has 6 nitrogen and oxygen atoms in total. The smallest absolute Gasteiger partial charge is 0.448 e. The van der Waals surface area contributed by atoms with Gasteiger partial charge < -0.3 is 9.64 Å². The molecule has 1 aliphatic carbocycles. The van der Waals surface area contributed by atoms with Crippen molar-refractivity contribution in [3.63, 3.8) is 0 Å². The molecule has 2 aliphatic rings. The zero-order valence-electron chi connectivity index (χ0n) is 17.9. The quantitative estimate of drug-likeness (QED) is 0.412. The highest BCUT2D eigenvalue weighted by atomic mass is 32.2. The molecule has 13 heteroatoms. The zero-order chi connectivity index (χ0) is 25.3. The van der Waals surface area contributed by atoms with E-state index in [-0.39, 0.29) is 34.5 Å². The first-order valence-corrected chi connectivity index (χ1v) is 12.7. The van der Waals surface area contributed by atoms with E-state index >= 15 is 0 Å². The number of likely N-dealkylation sites (tertiary alicyclic amines) is 1. The standard InChI is InChI=1S/C21H19F5N2O4S2/c1-11(21(24,25)26)32-15-5-4-13(34(3,30)31)6-14(15)17(29)28-8-12-7-20(12,10-28)16-9-33-18(27-16)19(2,22)23/h4-6,9,12H,1,7-8,10H2,2-3H3. The van der Waals surface area contributed by atoms with Crippen LogP contribution < -0.4 is 4.74 Å². The Hall–Kier alpha value is -2.54. The van der Waals surface area contributed by atoms with Crippen molar-refractivity contribution < 1.29 is 39.9 Å². The molecule has 1 saturated heterocycles. The van der Waals surface area contributed by atoms with Gasteiger partial charge in [-0.1, -0.05) is 6.58 Å². The maximum atomic E-state index is 13.6. The van der Waals surface area contributed by atoms with Crippen LogP contribution in [0, 0.1) is 5.92 Å². The van der Waals surface area contributed by atoms with Crippen molar-refractivity contribution in [3.8, 4) is 5.75 Å². The summed E-state index contributed by atoms with van der Waals surface area (Å²) in [4.78, 5) is 18.4. The number of carbonyl (C=O) groups is 1. The number of hydrogen-bond acceptors (Lipinski definition) is 6. The molecule has 0 radical (unpaired) electrons. The number of benzene rings is 1. The van der Waals surface area contributed by atoms with Crippen LogP contribution in [0.2, 0.25) is 0 Å². The molecule has 2 atom stereocenters. The first kappa shape index (κ1) is 24.6. The number of fused-ring (bicyclic) bond motifs is 1. The fourth-order valence-electron chi connectivity index (χ4n) is 4.10. The van der Waals surface area contributed by atoms with Gasteiger partial charge in [0.15, 0.2) is 14.8 Å². The number of nitrogens with zero attached hydrogens (tertiary/aromatic N) is 2. The van der Waals surface area contributed by atoms with E-state index in [0.29, 0.717) is 12.1 Å². The summed E-state index contributed by atoms with van der Waals surface area (Å²) in [6, 6.07) is 2.98. The highest BCUT2D eigenvalue weighted by molar-refractivity contribution is 7.90. The first-order valence-electron chi connectivity index (χ1n) is 9.94. The summed E-state index contributed by atoms with van der Waals surface area (Å²) >= 11 is 0.823. The number of halogens is 5. The summed E-state index contributed by atoms with van der Waals surface area (Å²) in [5, 5.41) is 1.20. The minimum absolute atomic E-state index is 0.0514. The number of carbonyl (C=O) groups excluding carboxylic acids is 1. The van der Waals surface area contributed by atoms with Gasteiger partial charge in [0.2, 0.25) is 5.76 Å². The lowest BCUT2D eigenvalue weighted by Crippen LogP contribution is -2.33. The summed E-state index contributed by atoms with van der Waals surface area (Å²) in [7, 11) is -3.77. The van der Waals surface area contributed by atoms with Crippen molar-refractivity contribution in [2.75, 3.05) is 19.3 Å². The molecule has 4 rings (SSSR count). The lowest BCUT2D eigenvalue weighted by molar-refractivity contribution is -0.115. The van der Waals surface area contributed by atoms with E-state index in [1.165, 1.54) is 10.3 Å². The fourth-order valence-corrected chi connectivity index (χ4v) is 5.61. The number of rotatable bonds is 6. The molecule has 34 heavy (non-hydrogen) atoms. The van der Waals surface area contributed by atoms with E-state index in [2.05, 4.69) is 11.6 Å². The Bertz CT molecular complexity index is 1280. The van der Waals surface area contributed by atoms with Crippen LogP contribution in [0.15, 0.2) is 40.8 Å². The molecule has 0 bridgehead atoms. The van der Waals surface area contributed by atoms with Gasteiger partial charge in [0.1, 0.15) is 5.75 Å². The number of amides is 1. The van der Waals surface area contributed by atoms with E-state index in [9.17, 15) is 35.2 Å². The number of piperidine rings is 1. The maximum absolute atomic E-state index is 13.6. The van der Waals surface area contributed by atoms with E-state index in [0.717, 1.165) is 42.7 Å². The molecule has 2 unspecified atom stereocenters. The third kappa shape index (κ3) is 4.42. The van der Waals surface area contributed by atoms with Crippen LogP contribution in [0.4, 0.5) is 22.0 Å². The van der Waals surface area contributed by atoms with Gasteiger partial charge in [0, 0.05) is 37.1 Å². The number of hydrogen-bond donors (Lipinski definition) is 0. The minimum atomic E-state index is -4.89. The molecule has 184 valence electrons. The second-order valence-corrected chi connectivity index (χ2v) is 11.5. The second kappa shape index (κ2) is 7.74. The molecule has 0 spiro atoms. The Labute approximate surface area is 196 Å². The lowest BCUT2D eigenvalue weighted by Gasteiger charge is -2.22. The van der Waals surface area contributed by atoms with Gasteiger partial charge in [-0.2, -0.15) is 22.0 Å². The van der Waals surface area contributed by atoms with Crippen LogP contribution >= 0.6 is 11.3 Å². The summed E-state index contributed by atoms with van der Waals surface area (Å²) in [6.07, 6.45) is -3.36.